The van der Waals surface area contributed by atoms with Crippen molar-refractivity contribution in [1.82, 2.24) is 5.32 Å². The number of rotatable bonds is 3. The van der Waals surface area contributed by atoms with E-state index in [1.54, 1.807) is 0 Å². The van der Waals surface area contributed by atoms with Gasteiger partial charge in [0.2, 0.25) is 0 Å². The lowest BCUT2D eigenvalue weighted by Gasteiger charge is -2.31. The van der Waals surface area contributed by atoms with Crippen LogP contribution in [0.25, 0.3) is 0 Å². The Morgan fingerprint density at radius 3 is 2.89 bits per heavy atom. The average Bonchev–Trinajstić information content (AvgIpc) is 2.41. The molecule has 1 saturated carbocycles. The summed E-state index contributed by atoms with van der Waals surface area (Å²) >= 11 is 0. The van der Waals surface area contributed by atoms with Gasteiger partial charge in [0.25, 0.3) is 0 Å². The minimum atomic E-state index is -0.236. The standard InChI is InChI=1S/C15H20N2O/c1-11(13-6-4-5-12(9-13)10-16)17-14-7-2-3-8-15(14)18/h4-6,9,11,14-15,17-18H,2-3,7-8H2,1H3. The van der Waals surface area contributed by atoms with Gasteiger partial charge >= 0.3 is 0 Å². The summed E-state index contributed by atoms with van der Waals surface area (Å²) in [6.45, 7) is 2.08. The van der Waals surface area contributed by atoms with Gasteiger partial charge in [-0.15, -0.1) is 0 Å². The molecule has 1 aliphatic carbocycles. The number of benzene rings is 1. The maximum atomic E-state index is 9.95. The number of aliphatic hydroxyl groups excluding tert-OH is 1. The van der Waals surface area contributed by atoms with Crippen molar-refractivity contribution in [2.75, 3.05) is 0 Å². The molecule has 0 spiro atoms. The van der Waals surface area contributed by atoms with E-state index in [1.807, 2.05) is 24.3 Å². The lowest BCUT2D eigenvalue weighted by Crippen LogP contribution is -2.43. The van der Waals surface area contributed by atoms with Crippen LogP contribution >= 0.6 is 0 Å². The van der Waals surface area contributed by atoms with Gasteiger partial charge in [-0.1, -0.05) is 25.0 Å². The van der Waals surface area contributed by atoms with Crippen molar-refractivity contribution in [2.45, 2.75) is 50.8 Å². The highest BCUT2D eigenvalue weighted by atomic mass is 16.3. The highest BCUT2D eigenvalue weighted by Crippen LogP contribution is 2.22. The summed E-state index contributed by atoms with van der Waals surface area (Å²) in [5, 5.41) is 22.3. The summed E-state index contributed by atoms with van der Waals surface area (Å²) in [5.41, 5.74) is 1.79. The SMILES string of the molecule is CC(NC1CCCCC1O)c1cccc(C#N)c1. The molecule has 1 aromatic carbocycles. The molecule has 0 amide bonds. The van der Waals surface area contributed by atoms with Crippen molar-refractivity contribution in [3.05, 3.63) is 35.4 Å². The van der Waals surface area contributed by atoms with Crippen LogP contribution in [0.3, 0.4) is 0 Å². The Hall–Kier alpha value is -1.37. The number of nitrogens with one attached hydrogen (secondary N) is 1. The van der Waals surface area contributed by atoms with Crippen molar-refractivity contribution >= 4 is 0 Å². The zero-order valence-electron chi connectivity index (χ0n) is 10.8. The molecule has 0 aromatic heterocycles. The van der Waals surface area contributed by atoms with Crippen LogP contribution in [0.15, 0.2) is 24.3 Å². The molecule has 1 aliphatic rings. The molecular weight excluding hydrogens is 224 g/mol. The molecule has 3 heteroatoms. The van der Waals surface area contributed by atoms with E-state index in [0.29, 0.717) is 5.56 Å². The Kier molecular flexibility index (Phi) is 4.35. The molecule has 0 radical (unpaired) electrons. The molecule has 0 bridgehead atoms. The van der Waals surface area contributed by atoms with E-state index >= 15 is 0 Å². The van der Waals surface area contributed by atoms with Gasteiger partial charge in [0.1, 0.15) is 0 Å². The van der Waals surface area contributed by atoms with Crippen LogP contribution in [0.2, 0.25) is 0 Å². The molecule has 3 unspecified atom stereocenters. The highest BCUT2D eigenvalue weighted by molar-refractivity contribution is 5.34. The number of nitrogens with zero attached hydrogens (tertiary/aromatic N) is 1. The van der Waals surface area contributed by atoms with E-state index in [4.69, 9.17) is 5.26 Å². The van der Waals surface area contributed by atoms with Gasteiger partial charge in [-0.3, -0.25) is 0 Å². The molecule has 3 atom stereocenters. The van der Waals surface area contributed by atoms with Gasteiger partial charge in [0.05, 0.1) is 17.7 Å². The van der Waals surface area contributed by atoms with E-state index in [-0.39, 0.29) is 18.2 Å². The van der Waals surface area contributed by atoms with Crippen LogP contribution in [-0.2, 0) is 0 Å². The predicted octanol–water partition coefficient (Wildman–Crippen LogP) is 2.51. The Morgan fingerprint density at radius 1 is 1.39 bits per heavy atom. The molecule has 18 heavy (non-hydrogen) atoms. The number of nitriles is 1. The summed E-state index contributed by atoms with van der Waals surface area (Å²) in [5.74, 6) is 0. The van der Waals surface area contributed by atoms with Crippen LogP contribution in [0, 0.1) is 11.3 Å². The Balaban J connectivity index is 2.02. The van der Waals surface area contributed by atoms with Crippen LogP contribution in [0.5, 0.6) is 0 Å². The summed E-state index contributed by atoms with van der Waals surface area (Å²) in [7, 11) is 0. The smallest absolute Gasteiger partial charge is 0.0991 e. The molecule has 2 rings (SSSR count). The number of hydrogen-bond acceptors (Lipinski definition) is 3. The Bertz CT molecular complexity index is 438. The van der Waals surface area contributed by atoms with Crippen molar-refractivity contribution < 1.29 is 5.11 Å². The van der Waals surface area contributed by atoms with Gasteiger partial charge in [0, 0.05) is 12.1 Å². The van der Waals surface area contributed by atoms with Crippen molar-refractivity contribution in [3.63, 3.8) is 0 Å². The minimum absolute atomic E-state index is 0.163. The molecule has 0 saturated heterocycles. The predicted molar refractivity (Wildman–Crippen MR) is 71.0 cm³/mol. The quantitative estimate of drug-likeness (QED) is 0.859. The average molecular weight is 244 g/mol. The molecule has 0 aliphatic heterocycles. The third-order valence-corrected chi connectivity index (χ3v) is 3.71. The van der Waals surface area contributed by atoms with Crippen molar-refractivity contribution in [1.29, 1.82) is 5.26 Å². The monoisotopic (exact) mass is 244 g/mol. The zero-order valence-corrected chi connectivity index (χ0v) is 10.8. The topological polar surface area (TPSA) is 56.0 Å². The summed E-state index contributed by atoms with van der Waals surface area (Å²) < 4.78 is 0. The van der Waals surface area contributed by atoms with Crippen LogP contribution in [0.1, 0.15) is 49.8 Å². The number of aliphatic hydroxyl groups is 1. The first-order valence-electron chi connectivity index (χ1n) is 6.65. The maximum absolute atomic E-state index is 9.95. The second-order valence-electron chi connectivity index (χ2n) is 5.08. The normalized spacial score (nSPS) is 25.4. The third kappa shape index (κ3) is 3.10. The lowest BCUT2D eigenvalue weighted by molar-refractivity contribution is 0.0860. The van der Waals surface area contributed by atoms with E-state index in [1.165, 1.54) is 6.42 Å². The maximum Gasteiger partial charge on any atom is 0.0991 e. The van der Waals surface area contributed by atoms with Crippen LogP contribution in [0.4, 0.5) is 0 Å². The lowest BCUT2D eigenvalue weighted by atomic mass is 9.91. The van der Waals surface area contributed by atoms with Crippen molar-refractivity contribution in [3.8, 4) is 6.07 Å². The van der Waals surface area contributed by atoms with Gasteiger partial charge < -0.3 is 10.4 Å². The van der Waals surface area contributed by atoms with Gasteiger partial charge in [0.15, 0.2) is 0 Å². The Labute approximate surface area is 108 Å². The second-order valence-corrected chi connectivity index (χ2v) is 5.08. The second kappa shape index (κ2) is 5.99. The number of hydrogen-bond donors (Lipinski definition) is 2. The highest BCUT2D eigenvalue weighted by Gasteiger charge is 2.24. The molecular formula is C15H20N2O. The summed E-state index contributed by atoms with van der Waals surface area (Å²) in [4.78, 5) is 0. The van der Waals surface area contributed by atoms with E-state index in [9.17, 15) is 5.11 Å². The summed E-state index contributed by atoms with van der Waals surface area (Å²) in [6, 6.07) is 10.1. The van der Waals surface area contributed by atoms with Crippen molar-refractivity contribution in [2.24, 2.45) is 0 Å². The minimum Gasteiger partial charge on any atom is -0.392 e. The fraction of sp³-hybridized carbons (Fsp3) is 0.533. The van der Waals surface area contributed by atoms with E-state index in [0.717, 1.165) is 24.8 Å². The molecule has 2 N–H and O–H groups in total. The fourth-order valence-corrected chi connectivity index (χ4v) is 2.60. The molecule has 1 fully saturated rings. The Morgan fingerprint density at radius 2 is 2.17 bits per heavy atom. The first kappa shape index (κ1) is 13.1. The summed E-state index contributed by atoms with van der Waals surface area (Å²) in [6.07, 6.45) is 3.99. The molecule has 96 valence electrons. The van der Waals surface area contributed by atoms with E-state index in [2.05, 4.69) is 18.3 Å². The van der Waals surface area contributed by atoms with Gasteiger partial charge in [-0.05, 0) is 37.5 Å². The fourth-order valence-electron chi connectivity index (χ4n) is 2.60. The molecule has 1 aromatic rings. The molecule has 3 nitrogen and oxygen atoms in total. The zero-order chi connectivity index (χ0) is 13.0. The van der Waals surface area contributed by atoms with Crippen LogP contribution < -0.4 is 5.32 Å². The first-order valence-corrected chi connectivity index (χ1v) is 6.65. The van der Waals surface area contributed by atoms with Gasteiger partial charge in [-0.25, -0.2) is 0 Å². The third-order valence-electron chi connectivity index (χ3n) is 3.71. The van der Waals surface area contributed by atoms with Gasteiger partial charge in [-0.2, -0.15) is 5.26 Å². The van der Waals surface area contributed by atoms with Crippen LogP contribution in [-0.4, -0.2) is 17.3 Å². The molecule has 0 heterocycles. The largest absolute Gasteiger partial charge is 0.392 e. The first-order chi connectivity index (χ1) is 8.70. The van der Waals surface area contributed by atoms with E-state index < -0.39 is 0 Å².